The zero-order valence-corrected chi connectivity index (χ0v) is 35.2. The topological polar surface area (TPSA) is 101 Å². The van der Waals surface area contributed by atoms with Gasteiger partial charge >= 0.3 is 0 Å². The van der Waals surface area contributed by atoms with Crippen molar-refractivity contribution in [1.29, 1.82) is 0 Å². The second-order valence-electron chi connectivity index (χ2n) is 16.1. The Morgan fingerprint density at radius 3 is 2.00 bits per heavy atom. The third-order valence-electron chi connectivity index (χ3n) is 10.4. The zero-order valence-electron chi connectivity index (χ0n) is 33.4. The van der Waals surface area contributed by atoms with Crippen LogP contribution in [0.3, 0.4) is 0 Å². The van der Waals surface area contributed by atoms with Gasteiger partial charge < -0.3 is 23.7 Å². The van der Waals surface area contributed by atoms with E-state index >= 15 is 0 Å². The smallest absolute Gasteiger partial charge is 0.296 e. The highest BCUT2D eigenvalue weighted by Gasteiger charge is 2.51. The van der Waals surface area contributed by atoms with Crippen LogP contribution in [0, 0.1) is 12.8 Å². The molecule has 55 heavy (non-hydrogen) atoms. The van der Waals surface area contributed by atoms with Gasteiger partial charge in [-0.15, -0.1) is 0 Å². The summed E-state index contributed by atoms with van der Waals surface area (Å²) in [5, 5.41) is 14.6. The van der Waals surface area contributed by atoms with E-state index < -0.39 is 36.6 Å². The lowest BCUT2D eigenvalue weighted by atomic mass is 9.95. The fourth-order valence-corrected chi connectivity index (χ4v) is 12.9. The number of hydrogen-bond donors (Lipinski definition) is 1. The number of rotatable bonds is 17. The summed E-state index contributed by atoms with van der Waals surface area (Å²) < 4.78 is 58.0. The molecule has 4 unspecified atom stereocenters. The van der Waals surface area contributed by atoms with Crippen LogP contribution in [0.2, 0.25) is 5.04 Å². The number of benzene rings is 4. The van der Waals surface area contributed by atoms with E-state index in [1.165, 1.54) is 10.4 Å². The van der Waals surface area contributed by atoms with Crippen LogP contribution in [0.15, 0.2) is 120 Å². The molecule has 8 nitrogen and oxygen atoms in total. The predicted molar refractivity (Wildman–Crippen MR) is 220 cm³/mol. The van der Waals surface area contributed by atoms with Gasteiger partial charge in [-0.3, -0.25) is 4.18 Å². The molecule has 4 aromatic rings. The quantitative estimate of drug-likeness (QED) is 0.0649. The third kappa shape index (κ3) is 11.2. The van der Waals surface area contributed by atoms with Crippen LogP contribution < -0.4 is 10.4 Å². The molecular formula is C45H60O8SSi. The van der Waals surface area contributed by atoms with Gasteiger partial charge in [-0.25, -0.2) is 0 Å². The molecule has 5 rings (SSSR count). The molecule has 1 aliphatic rings. The summed E-state index contributed by atoms with van der Waals surface area (Å²) in [6.07, 6.45) is 1.40. The van der Waals surface area contributed by atoms with E-state index in [0.29, 0.717) is 45.1 Å². The van der Waals surface area contributed by atoms with Gasteiger partial charge in [0.1, 0.15) is 6.10 Å². The largest absolute Gasteiger partial charge is 0.405 e. The first kappa shape index (κ1) is 42.9. The first-order valence-electron chi connectivity index (χ1n) is 19.7. The maximum atomic E-state index is 12.8. The molecule has 1 heterocycles. The highest BCUT2D eigenvalue weighted by Crippen LogP contribution is 2.38. The molecule has 1 fully saturated rings. The molecule has 0 bridgehead atoms. The normalized spacial score (nSPS) is 20.5. The van der Waals surface area contributed by atoms with Gasteiger partial charge in [0.05, 0.1) is 30.8 Å². The van der Waals surface area contributed by atoms with E-state index in [-0.39, 0.29) is 35.2 Å². The second kappa shape index (κ2) is 19.3. The molecule has 0 spiro atoms. The van der Waals surface area contributed by atoms with E-state index in [4.69, 9.17) is 22.8 Å². The minimum atomic E-state index is -3.87. The molecule has 0 aromatic heterocycles. The summed E-state index contributed by atoms with van der Waals surface area (Å²) in [6.45, 7) is 13.5. The molecule has 1 aliphatic heterocycles. The summed E-state index contributed by atoms with van der Waals surface area (Å²) >= 11 is 0. The van der Waals surface area contributed by atoms with Crippen LogP contribution in [0.5, 0.6) is 0 Å². The van der Waals surface area contributed by atoms with Gasteiger partial charge in [0.15, 0.2) is 12.1 Å². The molecular weight excluding hydrogens is 729 g/mol. The van der Waals surface area contributed by atoms with Crippen LogP contribution in [0.25, 0.3) is 0 Å². The Morgan fingerprint density at radius 2 is 1.44 bits per heavy atom. The molecule has 10 heteroatoms. The Hall–Kier alpha value is -3.19. The summed E-state index contributed by atoms with van der Waals surface area (Å²) in [7, 11) is -6.67. The molecule has 4 atom stereocenters. The summed E-state index contributed by atoms with van der Waals surface area (Å²) in [6, 6.07) is 37.6. The van der Waals surface area contributed by atoms with E-state index in [2.05, 4.69) is 69.3 Å². The van der Waals surface area contributed by atoms with Gasteiger partial charge in [-0.2, -0.15) is 8.42 Å². The lowest BCUT2D eigenvalue weighted by Crippen LogP contribution is -2.67. The van der Waals surface area contributed by atoms with Crippen molar-refractivity contribution in [2.24, 2.45) is 5.92 Å². The number of hydrogen-bond acceptors (Lipinski definition) is 8. The van der Waals surface area contributed by atoms with Crippen molar-refractivity contribution < 1.29 is 36.3 Å². The standard InChI is InChI=1S/C45H60O8SSi/c1-35(2)43-52-38(34-51-55(44(4,5)6,40-22-12-8-13-23-40)41-24-14-9-15-25-41)21-18-31-45(46,53-43)42(49-33-37-19-10-7-11-20-37)26-16-17-32-50-54(47,48)39-29-27-36(3)28-30-39/h7-15,19-20,22-25,27-30,35,38,42-43,46H,16-18,21,26,31-34H2,1-6H3. The van der Waals surface area contributed by atoms with Crippen LogP contribution in [-0.4, -0.2) is 59.3 Å². The lowest BCUT2D eigenvalue weighted by Gasteiger charge is -2.45. The van der Waals surface area contributed by atoms with Crippen molar-refractivity contribution in [2.75, 3.05) is 13.2 Å². The third-order valence-corrected chi connectivity index (χ3v) is 16.7. The molecule has 1 saturated heterocycles. The second-order valence-corrected chi connectivity index (χ2v) is 22.0. The van der Waals surface area contributed by atoms with Crippen LogP contribution in [0.4, 0.5) is 0 Å². The lowest BCUT2D eigenvalue weighted by molar-refractivity contribution is -0.356. The first-order valence-corrected chi connectivity index (χ1v) is 23.0. The Morgan fingerprint density at radius 1 is 0.855 bits per heavy atom. The van der Waals surface area contributed by atoms with Gasteiger partial charge in [0.2, 0.25) is 0 Å². The van der Waals surface area contributed by atoms with E-state index in [1.54, 1.807) is 24.3 Å². The molecule has 4 aromatic carbocycles. The van der Waals surface area contributed by atoms with Crippen molar-refractivity contribution in [3.05, 3.63) is 126 Å². The average Bonchev–Trinajstić information content (AvgIpc) is 3.15. The Balaban J connectivity index is 1.30. The molecule has 1 N–H and O–H groups in total. The highest BCUT2D eigenvalue weighted by atomic mass is 32.2. The molecule has 0 radical (unpaired) electrons. The van der Waals surface area contributed by atoms with Crippen molar-refractivity contribution in [2.45, 2.75) is 121 Å². The van der Waals surface area contributed by atoms with Gasteiger partial charge in [0, 0.05) is 12.3 Å². The maximum Gasteiger partial charge on any atom is 0.296 e. The maximum absolute atomic E-state index is 12.8. The Kier molecular flexibility index (Phi) is 15.1. The number of unbranched alkanes of at least 4 members (excludes halogenated alkanes) is 1. The van der Waals surface area contributed by atoms with E-state index in [9.17, 15) is 13.5 Å². The fourth-order valence-electron chi connectivity index (χ4n) is 7.34. The van der Waals surface area contributed by atoms with Crippen molar-refractivity contribution >= 4 is 28.8 Å². The molecule has 0 aliphatic carbocycles. The van der Waals surface area contributed by atoms with Crippen molar-refractivity contribution in [3.8, 4) is 0 Å². The summed E-state index contributed by atoms with van der Waals surface area (Å²) in [5.74, 6) is -1.71. The zero-order chi connectivity index (χ0) is 39.5. The van der Waals surface area contributed by atoms with Crippen LogP contribution in [-0.2, 0) is 39.5 Å². The molecule has 0 amide bonds. The Bertz CT molecular complexity index is 1790. The SMILES string of the molecule is Cc1ccc(S(=O)(=O)OCCCCC(OCc2ccccc2)C2(O)CCCC(CO[Si](c3ccccc3)(c3ccccc3)C(C)(C)C)OC(C(C)C)O2)cc1. The van der Waals surface area contributed by atoms with E-state index in [0.717, 1.165) is 11.1 Å². The number of aliphatic hydroxyl groups is 1. The van der Waals surface area contributed by atoms with Crippen molar-refractivity contribution in [1.82, 2.24) is 0 Å². The van der Waals surface area contributed by atoms with Crippen LogP contribution >= 0.6 is 0 Å². The van der Waals surface area contributed by atoms with Gasteiger partial charge in [-0.1, -0.05) is 143 Å². The highest BCUT2D eigenvalue weighted by molar-refractivity contribution is 7.86. The summed E-state index contributed by atoms with van der Waals surface area (Å²) in [4.78, 5) is 0.134. The average molecular weight is 789 g/mol. The molecule has 298 valence electrons. The Labute approximate surface area is 330 Å². The van der Waals surface area contributed by atoms with Gasteiger partial charge in [-0.05, 0) is 72.1 Å². The van der Waals surface area contributed by atoms with E-state index in [1.807, 2.05) is 63.2 Å². The van der Waals surface area contributed by atoms with Crippen molar-refractivity contribution in [3.63, 3.8) is 0 Å². The number of aryl methyl sites for hydroxylation is 1. The molecule has 0 saturated carbocycles. The number of ether oxygens (including phenoxy) is 3. The summed E-state index contributed by atoms with van der Waals surface area (Å²) in [5.41, 5.74) is 1.95. The predicted octanol–water partition coefficient (Wildman–Crippen LogP) is 8.29. The monoisotopic (exact) mass is 788 g/mol. The van der Waals surface area contributed by atoms with Gasteiger partial charge in [0.25, 0.3) is 18.4 Å². The minimum Gasteiger partial charge on any atom is -0.405 e. The minimum absolute atomic E-state index is 0.0195. The fraction of sp³-hybridized carbons (Fsp3) is 0.467. The first-order chi connectivity index (χ1) is 26.2. The van der Waals surface area contributed by atoms with Crippen LogP contribution in [0.1, 0.15) is 84.3 Å².